The van der Waals surface area contributed by atoms with E-state index in [1.165, 1.54) is 32.1 Å². The van der Waals surface area contributed by atoms with Gasteiger partial charge in [0.2, 0.25) is 5.91 Å². The van der Waals surface area contributed by atoms with Crippen molar-refractivity contribution in [1.29, 1.82) is 0 Å². The number of carbonyl (C=O) groups is 1. The van der Waals surface area contributed by atoms with Crippen LogP contribution in [-0.2, 0) is 4.79 Å². The maximum Gasteiger partial charge on any atom is 0.237 e. The van der Waals surface area contributed by atoms with Crippen molar-refractivity contribution in [2.75, 3.05) is 13.1 Å². The van der Waals surface area contributed by atoms with E-state index in [-0.39, 0.29) is 12.1 Å². The molecule has 3 nitrogen and oxygen atoms in total. The summed E-state index contributed by atoms with van der Waals surface area (Å²) in [6.07, 6.45) is 6.93. The van der Waals surface area contributed by atoms with Crippen molar-refractivity contribution in [3.05, 3.63) is 0 Å². The van der Waals surface area contributed by atoms with Gasteiger partial charge in [0.25, 0.3) is 0 Å². The van der Waals surface area contributed by atoms with Crippen LogP contribution in [0.4, 0.5) is 0 Å². The third kappa shape index (κ3) is 2.57. The molecule has 0 bridgehead atoms. The predicted octanol–water partition coefficient (Wildman–Crippen LogP) is 1.98. The lowest BCUT2D eigenvalue weighted by Crippen LogP contribution is -2.39. The van der Waals surface area contributed by atoms with Crippen LogP contribution in [0.15, 0.2) is 0 Å². The Morgan fingerprint density at radius 2 is 1.88 bits per heavy atom. The summed E-state index contributed by atoms with van der Waals surface area (Å²) in [6, 6.07) is 0. The van der Waals surface area contributed by atoms with Crippen molar-refractivity contribution in [2.24, 2.45) is 11.8 Å². The maximum absolute atomic E-state index is 11.6. The minimum atomic E-state index is 0.247. The summed E-state index contributed by atoms with van der Waals surface area (Å²) in [5.74, 6) is 1.97. The highest BCUT2D eigenvalue weighted by Crippen LogP contribution is 2.31. The van der Waals surface area contributed by atoms with Crippen molar-refractivity contribution >= 4 is 5.91 Å². The van der Waals surface area contributed by atoms with Gasteiger partial charge in [0.1, 0.15) is 0 Å². The number of carbonyl (C=O) groups excluding carboxylic acids is 1. The first kappa shape index (κ1) is 11.9. The van der Waals surface area contributed by atoms with Crippen molar-refractivity contribution in [3.8, 4) is 0 Å². The van der Waals surface area contributed by atoms with Crippen LogP contribution in [0.3, 0.4) is 0 Å². The van der Waals surface area contributed by atoms with E-state index in [0.717, 1.165) is 18.4 Å². The monoisotopic (exact) mass is 224 g/mol. The van der Waals surface area contributed by atoms with E-state index < -0.39 is 0 Å². The van der Waals surface area contributed by atoms with E-state index in [2.05, 4.69) is 19.2 Å². The molecule has 2 fully saturated rings. The lowest BCUT2D eigenvalue weighted by molar-refractivity contribution is -0.128. The Balaban J connectivity index is 1.80. The molecule has 1 heterocycles. The Bertz CT molecular complexity index is 246. The van der Waals surface area contributed by atoms with Gasteiger partial charge in [-0.3, -0.25) is 10.1 Å². The highest BCUT2D eigenvalue weighted by Gasteiger charge is 2.30. The molecular formula is C13H24N2O. The van der Waals surface area contributed by atoms with Gasteiger partial charge < -0.3 is 4.90 Å². The second-order valence-electron chi connectivity index (χ2n) is 5.40. The minimum Gasteiger partial charge on any atom is -0.326 e. The van der Waals surface area contributed by atoms with Gasteiger partial charge >= 0.3 is 0 Å². The van der Waals surface area contributed by atoms with Gasteiger partial charge in [-0.05, 0) is 31.6 Å². The summed E-state index contributed by atoms with van der Waals surface area (Å²) in [7, 11) is 0. The molecule has 0 radical (unpaired) electrons. The molecule has 0 spiro atoms. The van der Waals surface area contributed by atoms with Crippen LogP contribution in [0.25, 0.3) is 0 Å². The Hall–Kier alpha value is -0.570. The molecule has 92 valence electrons. The zero-order valence-electron chi connectivity index (χ0n) is 10.5. The second kappa shape index (κ2) is 5.17. The highest BCUT2D eigenvalue weighted by atomic mass is 16.2. The van der Waals surface area contributed by atoms with Crippen molar-refractivity contribution < 1.29 is 4.79 Å². The normalized spacial score (nSPS) is 35.8. The fraction of sp³-hybridized carbons (Fsp3) is 0.923. The summed E-state index contributed by atoms with van der Waals surface area (Å²) >= 11 is 0. The van der Waals surface area contributed by atoms with E-state index in [0.29, 0.717) is 6.54 Å². The molecule has 1 saturated heterocycles. The molecule has 2 aliphatic rings. The number of nitrogens with one attached hydrogen (secondary N) is 1. The van der Waals surface area contributed by atoms with Crippen molar-refractivity contribution in [3.63, 3.8) is 0 Å². The molecule has 3 heteroatoms. The molecule has 1 aliphatic carbocycles. The number of rotatable bonds is 3. The van der Waals surface area contributed by atoms with Crippen molar-refractivity contribution in [2.45, 2.75) is 52.1 Å². The van der Waals surface area contributed by atoms with Crippen LogP contribution in [0.5, 0.6) is 0 Å². The van der Waals surface area contributed by atoms with Gasteiger partial charge in [-0.2, -0.15) is 0 Å². The van der Waals surface area contributed by atoms with Gasteiger partial charge in [-0.1, -0.05) is 26.2 Å². The topological polar surface area (TPSA) is 32.3 Å². The van der Waals surface area contributed by atoms with E-state index in [1.807, 2.05) is 4.90 Å². The molecule has 1 saturated carbocycles. The molecular weight excluding hydrogens is 200 g/mol. The van der Waals surface area contributed by atoms with Crippen LogP contribution in [-0.4, -0.2) is 30.1 Å². The third-order valence-electron chi connectivity index (χ3n) is 4.34. The van der Waals surface area contributed by atoms with Gasteiger partial charge in [0, 0.05) is 6.54 Å². The zero-order valence-corrected chi connectivity index (χ0v) is 10.5. The Kier molecular flexibility index (Phi) is 3.85. The molecule has 0 aromatic rings. The van der Waals surface area contributed by atoms with E-state index in [4.69, 9.17) is 0 Å². The second-order valence-corrected chi connectivity index (χ2v) is 5.40. The van der Waals surface area contributed by atoms with Gasteiger partial charge in [-0.15, -0.1) is 0 Å². The number of hydrogen-bond acceptors (Lipinski definition) is 2. The summed E-state index contributed by atoms with van der Waals surface area (Å²) in [5, 5.41) is 3.21. The zero-order chi connectivity index (χ0) is 11.5. The highest BCUT2D eigenvalue weighted by molar-refractivity contribution is 5.80. The van der Waals surface area contributed by atoms with Crippen molar-refractivity contribution in [1.82, 2.24) is 10.2 Å². The van der Waals surface area contributed by atoms with E-state index in [1.54, 1.807) is 0 Å². The molecule has 1 amide bonds. The fourth-order valence-corrected chi connectivity index (χ4v) is 3.02. The van der Waals surface area contributed by atoms with Gasteiger partial charge in [0.15, 0.2) is 0 Å². The smallest absolute Gasteiger partial charge is 0.237 e. The molecule has 2 rings (SSSR count). The summed E-state index contributed by atoms with van der Waals surface area (Å²) in [4.78, 5) is 13.7. The quantitative estimate of drug-likeness (QED) is 0.795. The largest absolute Gasteiger partial charge is 0.326 e. The van der Waals surface area contributed by atoms with E-state index in [9.17, 15) is 4.79 Å². The number of amides is 1. The molecule has 16 heavy (non-hydrogen) atoms. The summed E-state index contributed by atoms with van der Waals surface area (Å²) in [5.41, 5.74) is 0. The first-order valence-corrected chi connectivity index (χ1v) is 6.73. The molecule has 0 aromatic carbocycles. The summed E-state index contributed by atoms with van der Waals surface area (Å²) < 4.78 is 0. The average molecular weight is 224 g/mol. The Morgan fingerprint density at radius 1 is 1.25 bits per heavy atom. The first-order valence-electron chi connectivity index (χ1n) is 6.73. The van der Waals surface area contributed by atoms with Crippen LogP contribution in [0.1, 0.15) is 46.0 Å². The van der Waals surface area contributed by atoms with Crippen LogP contribution < -0.4 is 5.32 Å². The summed E-state index contributed by atoms with van der Waals surface area (Å²) in [6.45, 7) is 5.89. The van der Waals surface area contributed by atoms with E-state index >= 15 is 0 Å². The van der Waals surface area contributed by atoms with Crippen LogP contribution in [0.2, 0.25) is 0 Å². The SMILES string of the molecule is CCC1CCC(CN2C(=O)CNC2C)CC1. The maximum atomic E-state index is 11.6. The molecule has 0 aromatic heterocycles. The molecule has 1 aliphatic heterocycles. The molecule has 1 atom stereocenters. The number of nitrogens with zero attached hydrogens (tertiary/aromatic N) is 1. The fourth-order valence-electron chi connectivity index (χ4n) is 3.02. The van der Waals surface area contributed by atoms with Gasteiger partial charge in [-0.25, -0.2) is 0 Å². The predicted molar refractivity (Wildman–Crippen MR) is 64.9 cm³/mol. The number of hydrogen-bond donors (Lipinski definition) is 1. The van der Waals surface area contributed by atoms with Crippen LogP contribution in [0, 0.1) is 11.8 Å². The lowest BCUT2D eigenvalue weighted by atomic mass is 9.80. The third-order valence-corrected chi connectivity index (χ3v) is 4.34. The van der Waals surface area contributed by atoms with Gasteiger partial charge in [0.05, 0.1) is 12.7 Å². The van der Waals surface area contributed by atoms with Crippen LogP contribution >= 0.6 is 0 Å². The standard InChI is InChI=1S/C13H24N2O/c1-3-11-4-6-12(7-5-11)9-15-10(2)14-8-13(15)16/h10-12,14H,3-9H2,1-2H3. The first-order chi connectivity index (χ1) is 7.70. The minimum absolute atomic E-state index is 0.247. The Morgan fingerprint density at radius 3 is 2.38 bits per heavy atom. The average Bonchev–Trinajstić information content (AvgIpc) is 2.62. The molecule has 1 unspecified atom stereocenters. The Labute approximate surface area is 98.6 Å². The molecule has 1 N–H and O–H groups in total. The lowest BCUT2D eigenvalue weighted by Gasteiger charge is -2.32.